The summed E-state index contributed by atoms with van der Waals surface area (Å²) in [5.74, 6) is 5.42. The molecule has 38 heavy (non-hydrogen) atoms. The van der Waals surface area contributed by atoms with Crippen molar-refractivity contribution in [2.45, 2.75) is 23.1 Å². The zero-order valence-corrected chi connectivity index (χ0v) is 21.6. The Morgan fingerprint density at radius 2 is 2.11 bits per heavy atom. The number of pyridine rings is 2. The topological polar surface area (TPSA) is 86.6 Å². The molecular formula is C25H27F4N7OS. The molecule has 13 heteroatoms. The van der Waals surface area contributed by atoms with Crippen LogP contribution in [-0.2, 0) is 0 Å². The predicted molar refractivity (Wildman–Crippen MR) is 139 cm³/mol. The summed E-state index contributed by atoms with van der Waals surface area (Å²) in [5, 5.41) is 8.47. The molecule has 1 aliphatic rings. The molecule has 1 unspecified atom stereocenters. The van der Waals surface area contributed by atoms with Gasteiger partial charge in [0, 0.05) is 55.8 Å². The highest BCUT2D eigenvalue weighted by molar-refractivity contribution is 8.00. The summed E-state index contributed by atoms with van der Waals surface area (Å²) in [5.41, 5.74) is -3.39. The van der Waals surface area contributed by atoms with E-state index in [0.717, 1.165) is 6.54 Å². The van der Waals surface area contributed by atoms with Gasteiger partial charge in [-0.1, -0.05) is 5.92 Å². The minimum Gasteiger partial charge on any atom is -0.382 e. The van der Waals surface area contributed by atoms with E-state index in [1.807, 2.05) is 11.9 Å². The van der Waals surface area contributed by atoms with Crippen molar-refractivity contribution >= 4 is 34.8 Å². The van der Waals surface area contributed by atoms with E-state index in [4.69, 9.17) is 0 Å². The summed E-state index contributed by atoms with van der Waals surface area (Å²) in [7, 11) is 3.39. The van der Waals surface area contributed by atoms with Gasteiger partial charge in [0.15, 0.2) is 5.65 Å². The number of imidazole rings is 1. The zero-order valence-electron chi connectivity index (χ0n) is 20.8. The molecule has 3 N–H and O–H groups in total. The second kappa shape index (κ2) is 11.9. The lowest BCUT2D eigenvalue weighted by atomic mass is 9.95. The Kier molecular flexibility index (Phi) is 8.63. The number of aromatic nitrogens is 3. The number of nitrogens with zero attached hydrogens (tertiary/aromatic N) is 4. The molecule has 2 atom stereocenters. The summed E-state index contributed by atoms with van der Waals surface area (Å²) in [6.07, 6.45) is 2.65. The van der Waals surface area contributed by atoms with Gasteiger partial charge in [0.05, 0.1) is 12.2 Å². The molecule has 0 aromatic carbocycles. The van der Waals surface area contributed by atoms with Gasteiger partial charge < -0.3 is 20.9 Å². The van der Waals surface area contributed by atoms with Crippen molar-refractivity contribution in [3.8, 4) is 11.8 Å². The second-order valence-corrected chi connectivity index (χ2v) is 9.85. The summed E-state index contributed by atoms with van der Waals surface area (Å²) < 4.78 is 56.0. The Labute approximate surface area is 221 Å². The van der Waals surface area contributed by atoms with Crippen molar-refractivity contribution in [2.24, 2.45) is 5.92 Å². The van der Waals surface area contributed by atoms with Crippen LogP contribution in [0.5, 0.6) is 0 Å². The van der Waals surface area contributed by atoms with E-state index in [-0.39, 0.29) is 46.5 Å². The van der Waals surface area contributed by atoms with E-state index in [9.17, 15) is 22.4 Å². The van der Waals surface area contributed by atoms with Crippen LogP contribution in [0.1, 0.15) is 22.5 Å². The van der Waals surface area contributed by atoms with Gasteiger partial charge in [0.25, 0.3) is 5.91 Å². The van der Waals surface area contributed by atoms with Gasteiger partial charge in [-0.05, 0) is 50.2 Å². The Morgan fingerprint density at radius 1 is 1.29 bits per heavy atom. The maximum atomic E-state index is 14.5. The Morgan fingerprint density at radius 3 is 2.84 bits per heavy atom. The average Bonchev–Trinajstić information content (AvgIpc) is 3.22. The van der Waals surface area contributed by atoms with Crippen LogP contribution in [0.2, 0.25) is 0 Å². The molecule has 3 aromatic rings. The number of hydrogen-bond donors (Lipinski definition) is 3. The smallest absolute Gasteiger partial charge is 0.382 e. The van der Waals surface area contributed by atoms with Crippen LogP contribution in [0.3, 0.4) is 0 Å². The van der Waals surface area contributed by atoms with Crippen LogP contribution in [0.4, 0.5) is 29.1 Å². The van der Waals surface area contributed by atoms with Crippen LogP contribution in [0.15, 0.2) is 41.7 Å². The molecule has 4 rings (SSSR count). The highest BCUT2D eigenvalue weighted by Gasteiger charge is 2.33. The van der Waals surface area contributed by atoms with Crippen molar-refractivity contribution in [2.75, 3.05) is 50.9 Å². The number of rotatable bonds is 7. The number of anilines is 2. The normalized spacial score (nSPS) is 18.1. The molecule has 0 spiro atoms. The minimum atomic E-state index is -4.55. The monoisotopic (exact) mass is 549 g/mol. The second-order valence-electron chi connectivity index (χ2n) is 8.80. The van der Waals surface area contributed by atoms with Crippen LogP contribution in [0.25, 0.3) is 5.65 Å². The number of thioether (sulfide) groups is 1. The van der Waals surface area contributed by atoms with Gasteiger partial charge in [-0.25, -0.2) is 14.4 Å². The van der Waals surface area contributed by atoms with Gasteiger partial charge in [-0.15, -0.1) is 0 Å². The molecule has 8 nitrogen and oxygen atoms in total. The number of carbonyl (C=O) groups excluding carboxylic acids is 1. The fourth-order valence-corrected chi connectivity index (χ4v) is 4.78. The molecule has 1 aliphatic heterocycles. The molecular weight excluding hydrogens is 522 g/mol. The number of hydrogen-bond acceptors (Lipinski definition) is 7. The minimum absolute atomic E-state index is 0.0295. The maximum Gasteiger partial charge on any atom is 0.447 e. The number of amides is 1. The summed E-state index contributed by atoms with van der Waals surface area (Å²) in [4.78, 5) is 22.2. The Balaban J connectivity index is 1.54. The van der Waals surface area contributed by atoms with Gasteiger partial charge in [0.1, 0.15) is 22.7 Å². The lowest BCUT2D eigenvalue weighted by Gasteiger charge is -2.32. The van der Waals surface area contributed by atoms with Crippen molar-refractivity contribution in [1.82, 2.24) is 24.6 Å². The molecule has 3 aromatic heterocycles. The largest absolute Gasteiger partial charge is 0.447 e. The van der Waals surface area contributed by atoms with E-state index in [1.165, 1.54) is 23.8 Å². The van der Waals surface area contributed by atoms with Gasteiger partial charge in [-0.2, -0.15) is 13.2 Å². The quantitative estimate of drug-likeness (QED) is 0.234. The molecule has 1 fully saturated rings. The first-order chi connectivity index (χ1) is 18.1. The molecule has 4 heterocycles. The fourth-order valence-electron chi connectivity index (χ4n) is 4.12. The van der Waals surface area contributed by atoms with Crippen molar-refractivity contribution in [3.63, 3.8) is 0 Å². The number of fused-ring (bicyclic) bond motifs is 1. The zero-order chi connectivity index (χ0) is 27.3. The SMILES string of the molecule is CNC(=O)c1ccnc(NCC#Cc2nc3c(NCC4CCN(C)C[C@@H]4F)cccn3c2SC(F)(F)F)c1. The van der Waals surface area contributed by atoms with Crippen LogP contribution in [-0.4, -0.2) is 77.1 Å². The third kappa shape index (κ3) is 6.87. The van der Waals surface area contributed by atoms with Gasteiger partial charge >= 0.3 is 5.51 Å². The molecule has 0 radical (unpaired) electrons. The molecule has 1 amide bonds. The molecule has 0 saturated carbocycles. The van der Waals surface area contributed by atoms with E-state index >= 15 is 0 Å². The first-order valence-corrected chi connectivity index (χ1v) is 12.7. The standard InChI is InChI=1S/C25H27F4N7OS/c1-30-23(37)16-7-10-32-21(13-16)31-9-3-5-20-24(38-25(27,28)29)36-11-4-6-19(22(36)34-20)33-14-17-8-12-35(2)15-18(17)26/h4,6-7,10-11,13,17-18,33H,8-9,12,14-15H2,1-2H3,(H,30,37)(H,31,32)/t17?,18-/m0/s1. The van der Waals surface area contributed by atoms with Crippen LogP contribution < -0.4 is 16.0 Å². The highest BCUT2D eigenvalue weighted by atomic mass is 32.2. The van der Waals surface area contributed by atoms with Crippen molar-refractivity contribution in [3.05, 3.63) is 47.9 Å². The van der Waals surface area contributed by atoms with Crippen molar-refractivity contribution in [1.29, 1.82) is 0 Å². The average molecular weight is 550 g/mol. The molecule has 1 saturated heterocycles. The third-order valence-corrected chi connectivity index (χ3v) is 6.88. The predicted octanol–water partition coefficient (Wildman–Crippen LogP) is 3.87. The number of piperidine rings is 1. The summed E-state index contributed by atoms with van der Waals surface area (Å²) >= 11 is -0.291. The Hall–Kier alpha value is -3.50. The molecule has 0 aliphatic carbocycles. The number of carbonyl (C=O) groups is 1. The van der Waals surface area contributed by atoms with E-state index < -0.39 is 11.7 Å². The number of likely N-dealkylation sites (tertiary alicyclic amines) is 1. The van der Waals surface area contributed by atoms with E-state index in [1.54, 1.807) is 24.3 Å². The third-order valence-electron chi connectivity index (χ3n) is 6.07. The molecule has 0 bridgehead atoms. The number of alkyl halides is 4. The first kappa shape index (κ1) is 27.5. The lowest BCUT2D eigenvalue weighted by molar-refractivity contribution is -0.0330. The van der Waals surface area contributed by atoms with Crippen LogP contribution >= 0.6 is 11.8 Å². The van der Waals surface area contributed by atoms with Crippen LogP contribution in [0, 0.1) is 17.8 Å². The fraction of sp³-hybridized carbons (Fsp3) is 0.400. The van der Waals surface area contributed by atoms with E-state index in [0.29, 0.717) is 36.6 Å². The van der Waals surface area contributed by atoms with Crippen molar-refractivity contribution < 1.29 is 22.4 Å². The van der Waals surface area contributed by atoms with Gasteiger partial charge in [0.2, 0.25) is 0 Å². The first-order valence-electron chi connectivity index (χ1n) is 11.9. The maximum absolute atomic E-state index is 14.5. The summed E-state index contributed by atoms with van der Waals surface area (Å²) in [6.45, 7) is 1.54. The molecule has 202 valence electrons. The number of nitrogens with one attached hydrogen (secondary N) is 3. The number of halogens is 4. The van der Waals surface area contributed by atoms with E-state index in [2.05, 4.69) is 37.8 Å². The lowest BCUT2D eigenvalue weighted by Crippen LogP contribution is -2.41. The summed E-state index contributed by atoms with van der Waals surface area (Å²) in [6, 6.07) is 6.42. The van der Waals surface area contributed by atoms with Gasteiger partial charge in [-0.3, -0.25) is 9.20 Å². The highest BCUT2D eigenvalue weighted by Crippen LogP contribution is 2.39. The Bertz CT molecular complexity index is 1350.